The molecule has 2 aromatic carbocycles. The summed E-state index contributed by atoms with van der Waals surface area (Å²) in [6, 6.07) is 21.4. The summed E-state index contributed by atoms with van der Waals surface area (Å²) in [6.07, 6.45) is 2.54. The van der Waals surface area contributed by atoms with Crippen LogP contribution in [0.15, 0.2) is 75.1 Å². The second-order valence-corrected chi connectivity index (χ2v) is 16.6. The number of rotatable bonds is 13. The molecule has 1 fully saturated rings. The highest BCUT2D eigenvalue weighted by atomic mass is 32.1. The molecule has 0 bridgehead atoms. The lowest BCUT2D eigenvalue weighted by atomic mass is 10.2. The number of hydrogen-bond acceptors (Lipinski definition) is 10. The standard InChI is InChI=1S/C29H36N6O2S2Si/c1-4-40(5-2,6-3)37-20-19-36-25-15-11-23(12-16-25)31-33-27-21-26-28(39-27)30-29(38-26)34-32-22-9-13-24(14-10-22)35-17-7-8-18-35/h9-16,21H,4-8,17-20H2,1-3H3. The van der Waals surface area contributed by atoms with Gasteiger partial charge in [-0.1, -0.05) is 43.4 Å². The number of nitrogens with zero attached hydrogens (tertiary/aromatic N) is 6. The first-order valence-corrected chi connectivity index (χ1v) is 18.2. The Morgan fingerprint density at radius 3 is 2.10 bits per heavy atom. The van der Waals surface area contributed by atoms with Gasteiger partial charge in [0.15, 0.2) is 8.32 Å². The van der Waals surface area contributed by atoms with Crippen LogP contribution in [0.3, 0.4) is 0 Å². The van der Waals surface area contributed by atoms with Crippen LogP contribution < -0.4 is 9.64 Å². The molecule has 1 saturated heterocycles. The van der Waals surface area contributed by atoms with E-state index in [0.29, 0.717) is 18.3 Å². The average molecular weight is 593 g/mol. The predicted molar refractivity (Wildman–Crippen MR) is 169 cm³/mol. The van der Waals surface area contributed by atoms with Crippen molar-refractivity contribution in [2.24, 2.45) is 20.5 Å². The molecule has 5 rings (SSSR count). The Kier molecular flexibility index (Phi) is 9.69. The van der Waals surface area contributed by atoms with E-state index in [1.807, 2.05) is 42.5 Å². The number of benzene rings is 2. The molecule has 40 heavy (non-hydrogen) atoms. The molecule has 0 atom stereocenters. The van der Waals surface area contributed by atoms with Crippen LogP contribution in [0.5, 0.6) is 5.75 Å². The monoisotopic (exact) mass is 592 g/mol. The number of thiophene rings is 1. The summed E-state index contributed by atoms with van der Waals surface area (Å²) >= 11 is 3.00. The fourth-order valence-corrected chi connectivity index (χ4v) is 9.28. The molecule has 0 unspecified atom stereocenters. The highest BCUT2D eigenvalue weighted by Crippen LogP contribution is 2.39. The number of aromatic nitrogens is 1. The van der Waals surface area contributed by atoms with Crippen LogP contribution in [0.25, 0.3) is 9.53 Å². The Morgan fingerprint density at radius 2 is 1.45 bits per heavy atom. The summed E-state index contributed by atoms with van der Waals surface area (Å²) in [7, 11) is -1.56. The number of ether oxygens (including phenoxy) is 1. The molecule has 4 aromatic rings. The number of hydrogen-bond donors (Lipinski definition) is 0. The summed E-state index contributed by atoms with van der Waals surface area (Å²) < 4.78 is 13.2. The molecule has 1 aliphatic heterocycles. The molecular weight excluding hydrogens is 557 g/mol. The predicted octanol–water partition coefficient (Wildman–Crippen LogP) is 10.2. The van der Waals surface area contributed by atoms with Crippen LogP contribution in [0.1, 0.15) is 33.6 Å². The quantitative estimate of drug-likeness (QED) is 0.0878. The maximum Gasteiger partial charge on any atom is 0.231 e. The van der Waals surface area contributed by atoms with Crippen molar-refractivity contribution >= 4 is 67.7 Å². The summed E-state index contributed by atoms with van der Waals surface area (Å²) in [4.78, 5) is 7.90. The summed E-state index contributed by atoms with van der Waals surface area (Å²) in [5.41, 5.74) is 2.85. The Bertz CT molecular complexity index is 1390. The summed E-state index contributed by atoms with van der Waals surface area (Å²) in [5.74, 6) is 0.810. The Labute approximate surface area is 244 Å². The fourth-order valence-electron chi connectivity index (χ4n) is 4.80. The van der Waals surface area contributed by atoms with Gasteiger partial charge in [-0.05, 0) is 85.6 Å². The van der Waals surface area contributed by atoms with Gasteiger partial charge in [0.05, 0.1) is 22.7 Å². The van der Waals surface area contributed by atoms with Gasteiger partial charge in [-0.15, -0.1) is 20.5 Å². The van der Waals surface area contributed by atoms with Gasteiger partial charge in [-0.2, -0.15) is 0 Å². The molecule has 0 saturated carbocycles. The maximum absolute atomic E-state index is 6.25. The average Bonchev–Trinajstić information content (AvgIpc) is 3.74. The maximum atomic E-state index is 6.25. The van der Waals surface area contributed by atoms with Crippen molar-refractivity contribution in [2.75, 3.05) is 31.2 Å². The second-order valence-electron chi connectivity index (χ2n) is 9.80. The largest absolute Gasteiger partial charge is 0.491 e. The van der Waals surface area contributed by atoms with Gasteiger partial charge in [0.25, 0.3) is 0 Å². The molecule has 8 nitrogen and oxygen atoms in total. The van der Waals surface area contributed by atoms with Crippen LogP contribution >= 0.6 is 22.7 Å². The molecule has 210 valence electrons. The van der Waals surface area contributed by atoms with Gasteiger partial charge in [0.2, 0.25) is 5.13 Å². The lowest BCUT2D eigenvalue weighted by Crippen LogP contribution is -2.37. The van der Waals surface area contributed by atoms with Crippen LogP contribution in [-0.4, -0.2) is 39.6 Å². The normalized spacial score (nSPS) is 14.3. The lowest BCUT2D eigenvalue weighted by Gasteiger charge is -2.27. The summed E-state index contributed by atoms with van der Waals surface area (Å²) in [6.45, 7) is 10.2. The number of thiazole rings is 1. The molecule has 0 radical (unpaired) electrons. The first kappa shape index (κ1) is 28.5. The Hall–Kier alpha value is -2.99. The fraction of sp³-hybridized carbons (Fsp3) is 0.414. The number of anilines is 1. The van der Waals surface area contributed by atoms with E-state index in [1.165, 1.54) is 41.2 Å². The molecule has 11 heteroatoms. The first-order chi connectivity index (χ1) is 19.6. The molecule has 0 aliphatic carbocycles. The topological polar surface area (TPSA) is 84.0 Å². The second kappa shape index (κ2) is 13.6. The minimum Gasteiger partial charge on any atom is -0.491 e. The molecule has 0 N–H and O–H groups in total. The third-order valence-electron chi connectivity index (χ3n) is 7.43. The van der Waals surface area contributed by atoms with Gasteiger partial charge < -0.3 is 14.1 Å². The number of fused-ring (bicyclic) bond motifs is 1. The van der Waals surface area contributed by atoms with Gasteiger partial charge in [-0.25, -0.2) is 4.98 Å². The van der Waals surface area contributed by atoms with Crippen LogP contribution in [0.2, 0.25) is 18.1 Å². The Balaban J connectivity index is 1.11. The van der Waals surface area contributed by atoms with Crippen molar-refractivity contribution in [3.63, 3.8) is 0 Å². The highest BCUT2D eigenvalue weighted by molar-refractivity contribution is 7.30. The molecule has 1 aliphatic rings. The van der Waals surface area contributed by atoms with Crippen molar-refractivity contribution in [2.45, 2.75) is 51.7 Å². The zero-order chi connectivity index (χ0) is 27.8. The van der Waals surface area contributed by atoms with Gasteiger partial charge in [-0.3, -0.25) is 0 Å². The number of azo groups is 2. The molecule has 0 amide bonds. The Morgan fingerprint density at radius 1 is 0.800 bits per heavy atom. The smallest absolute Gasteiger partial charge is 0.231 e. The minimum atomic E-state index is -1.56. The van der Waals surface area contributed by atoms with Crippen LogP contribution in [-0.2, 0) is 4.43 Å². The van der Waals surface area contributed by atoms with Crippen molar-refractivity contribution < 1.29 is 9.16 Å². The summed E-state index contributed by atoms with van der Waals surface area (Å²) in [5, 5.41) is 19.0. The zero-order valence-corrected chi connectivity index (χ0v) is 26.0. The molecule has 2 aromatic heterocycles. The van der Waals surface area contributed by atoms with E-state index >= 15 is 0 Å². The van der Waals surface area contributed by atoms with E-state index in [9.17, 15) is 0 Å². The van der Waals surface area contributed by atoms with Crippen LogP contribution in [0, 0.1) is 0 Å². The van der Waals surface area contributed by atoms with E-state index in [4.69, 9.17) is 9.16 Å². The van der Waals surface area contributed by atoms with E-state index in [2.05, 4.69) is 63.2 Å². The third-order valence-corrected chi connectivity index (χ3v) is 14.0. The SMILES string of the molecule is CC[Si](CC)(CC)OCCOc1ccc(N=Nc2cc3sc(N=Nc4ccc(N5CCCC5)cc4)nc3s2)cc1. The molecule has 0 spiro atoms. The van der Waals surface area contributed by atoms with Gasteiger partial charge in [0, 0.05) is 18.8 Å². The highest BCUT2D eigenvalue weighted by Gasteiger charge is 2.28. The van der Waals surface area contributed by atoms with Crippen molar-refractivity contribution in [3.8, 4) is 5.75 Å². The molecular formula is C29H36N6O2S2Si. The van der Waals surface area contributed by atoms with Crippen molar-refractivity contribution in [1.82, 2.24) is 4.98 Å². The van der Waals surface area contributed by atoms with E-state index in [1.54, 1.807) is 0 Å². The minimum absolute atomic E-state index is 0.557. The first-order valence-electron chi connectivity index (χ1n) is 14.1. The lowest BCUT2D eigenvalue weighted by molar-refractivity contribution is 0.207. The third kappa shape index (κ3) is 7.20. The van der Waals surface area contributed by atoms with E-state index in [-0.39, 0.29) is 0 Å². The zero-order valence-electron chi connectivity index (χ0n) is 23.4. The molecule has 3 heterocycles. The van der Waals surface area contributed by atoms with Gasteiger partial charge >= 0.3 is 0 Å². The van der Waals surface area contributed by atoms with Crippen LogP contribution in [0.4, 0.5) is 27.2 Å². The van der Waals surface area contributed by atoms with Crippen molar-refractivity contribution in [1.29, 1.82) is 0 Å². The van der Waals surface area contributed by atoms with E-state index < -0.39 is 8.32 Å². The van der Waals surface area contributed by atoms with Crippen molar-refractivity contribution in [3.05, 3.63) is 54.6 Å². The van der Waals surface area contributed by atoms with E-state index in [0.717, 1.165) is 62.9 Å². The van der Waals surface area contributed by atoms with Gasteiger partial charge in [0.1, 0.15) is 22.2 Å².